The molecule has 0 atom stereocenters. The number of carboxylic acids is 2. The minimum absolute atomic E-state index is 0.122. The Morgan fingerprint density at radius 2 is 1.36 bits per heavy atom. The van der Waals surface area contributed by atoms with Gasteiger partial charge < -0.3 is 14.9 Å². The molecule has 0 aromatic heterocycles. The molecule has 2 aromatic carbocycles. The van der Waals surface area contributed by atoms with Crippen molar-refractivity contribution in [1.82, 2.24) is 0 Å². The van der Waals surface area contributed by atoms with E-state index in [0.717, 1.165) is 0 Å². The van der Waals surface area contributed by atoms with Gasteiger partial charge in [0.1, 0.15) is 5.75 Å². The number of esters is 1. The van der Waals surface area contributed by atoms with E-state index < -0.39 is 24.3 Å². The van der Waals surface area contributed by atoms with Crippen molar-refractivity contribution in [3.8, 4) is 5.75 Å². The fourth-order valence-electron chi connectivity index (χ4n) is 2.29. The van der Waals surface area contributed by atoms with E-state index in [4.69, 9.17) is 9.84 Å². The van der Waals surface area contributed by atoms with Crippen molar-refractivity contribution in [1.29, 1.82) is 0 Å². The highest BCUT2D eigenvalue weighted by molar-refractivity contribution is 6.03. The molecule has 0 aliphatic carbocycles. The van der Waals surface area contributed by atoms with Crippen molar-refractivity contribution in [2.45, 2.75) is 12.8 Å². The largest absolute Gasteiger partial charge is 0.481 e. The van der Waals surface area contributed by atoms with Crippen LogP contribution in [0.2, 0.25) is 0 Å². The van der Waals surface area contributed by atoms with Crippen LogP contribution in [-0.4, -0.2) is 28.1 Å². The number of carboxylic acid groups (broad SMARTS) is 2. The molecular formula is C19H16O6. The lowest BCUT2D eigenvalue weighted by molar-refractivity contribution is -0.139. The molecular weight excluding hydrogens is 324 g/mol. The first kappa shape index (κ1) is 17.9. The van der Waals surface area contributed by atoms with Crippen LogP contribution in [0, 0.1) is 0 Å². The van der Waals surface area contributed by atoms with Gasteiger partial charge in [-0.05, 0) is 23.3 Å². The lowest BCUT2D eigenvalue weighted by Crippen LogP contribution is -2.14. The Bertz CT molecular complexity index is 793. The number of carbonyl (C=O) groups excluding carboxylic acids is 1. The number of ether oxygens (including phenoxy) is 1. The van der Waals surface area contributed by atoms with Crippen LogP contribution in [-0.2, 0) is 14.4 Å². The van der Waals surface area contributed by atoms with Gasteiger partial charge in [-0.25, -0.2) is 4.79 Å². The van der Waals surface area contributed by atoms with Crippen LogP contribution < -0.4 is 4.74 Å². The number of rotatable bonds is 7. The van der Waals surface area contributed by atoms with Gasteiger partial charge in [-0.2, -0.15) is 0 Å². The lowest BCUT2D eigenvalue weighted by Gasteiger charge is -2.12. The zero-order valence-electron chi connectivity index (χ0n) is 13.2. The minimum Gasteiger partial charge on any atom is -0.481 e. The molecule has 2 N–H and O–H groups in total. The van der Waals surface area contributed by atoms with E-state index in [-0.39, 0.29) is 17.6 Å². The Morgan fingerprint density at radius 1 is 0.800 bits per heavy atom. The number of aliphatic carboxylic acids is 2. The normalized spacial score (nSPS) is 11.4. The molecule has 6 heteroatoms. The Hall–Kier alpha value is -3.41. The van der Waals surface area contributed by atoms with Crippen LogP contribution in [0.1, 0.15) is 18.4 Å². The molecule has 0 heterocycles. The molecule has 25 heavy (non-hydrogen) atoms. The standard InChI is InChI=1S/C19H16O6/c20-17(21)11-16(19(23)24)15(13-7-3-1-4-8-13)12-18(22)25-14-9-5-2-6-10-14/h1-10H,11-12H2,(H,20,21)(H,23,24). The summed E-state index contributed by atoms with van der Waals surface area (Å²) in [7, 11) is 0. The summed E-state index contributed by atoms with van der Waals surface area (Å²) in [6.45, 7) is 0. The predicted molar refractivity (Wildman–Crippen MR) is 89.9 cm³/mol. The first-order chi connectivity index (χ1) is 12.0. The van der Waals surface area contributed by atoms with Crippen LogP contribution in [0.3, 0.4) is 0 Å². The van der Waals surface area contributed by atoms with Crippen LogP contribution >= 0.6 is 0 Å². The van der Waals surface area contributed by atoms with E-state index in [9.17, 15) is 19.5 Å². The molecule has 0 spiro atoms. The summed E-state index contributed by atoms with van der Waals surface area (Å²) in [6, 6.07) is 16.7. The molecule has 0 saturated heterocycles. The summed E-state index contributed by atoms with van der Waals surface area (Å²) >= 11 is 0. The average molecular weight is 340 g/mol. The second-order valence-corrected chi connectivity index (χ2v) is 5.16. The molecule has 0 bridgehead atoms. The van der Waals surface area contributed by atoms with E-state index >= 15 is 0 Å². The Labute approximate surface area is 144 Å². The van der Waals surface area contributed by atoms with Gasteiger partial charge in [0.25, 0.3) is 0 Å². The number of benzene rings is 2. The third kappa shape index (κ3) is 5.31. The summed E-state index contributed by atoms with van der Waals surface area (Å²) in [5.74, 6) is -3.01. The smallest absolute Gasteiger partial charge is 0.332 e. The van der Waals surface area contributed by atoms with Crippen molar-refractivity contribution >= 4 is 23.5 Å². The molecule has 0 unspecified atom stereocenters. The van der Waals surface area contributed by atoms with Crippen molar-refractivity contribution < 1.29 is 29.3 Å². The molecule has 0 fully saturated rings. The van der Waals surface area contributed by atoms with Crippen LogP contribution in [0.15, 0.2) is 66.2 Å². The molecule has 0 aliphatic rings. The topological polar surface area (TPSA) is 101 Å². The number of hydrogen-bond donors (Lipinski definition) is 2. The average Bonchev–Trinajstić information content (AvgIpc) is 2.59. The van der Waals surface area contributed by atoms with Crippen molar-refractivity contribution in [2.24, 2.45) is 0 Å². The van der Waals surface area contributed by atoms with E-state index in [0.29, 0.717) is 11.3 Å². The number of para-hydroxylation sites is 1. The third-order valence-corrected chi connectivity index (χ3v) is 3.37. The van der Waals surface area contributed by atoms with Crippen LogP contribution in [0.25, 0.3) is 5.57 Å². The van der Waals surface area contributed by atoms with Crippen molar-refractivity contribution in [3.05, 3.63) is 71.8 Å². The zero-order valence-corrected chi connectivity index (χ0v) is 13.2. The second kappa shape index (κ2) is 8.44. The monoisotopic (exact) mass is 340 g/mol. The van der Waals surface area contributed by atoms with Gasteiger partial charge in [-0.1, -0.05) is 48.5 Å². The molecule has 128 valence electrons. The van der Waals surface area contributed by atoms with E-state index in [1.165, 1.54) is 0 Å². The Kier molecular flexibility index (Phi) is 6.06. The molecule has 6 nitrogen and oxygen atoms in total. The maximum atomic E-state index is 12.2. The molecule has 0 aliphatic heterocycles. The Balaban J connectivity index is 2.36. The molecule has 2 rings (SSSR count). The predicted octanol–water partition coefficient (Wildman–Crippen LogP) is 3.00. The summed E-state index contributed by atoms with van der Waals surface area (Å²) in [4.78, 5) is 34.7. The van der Waals surface area contributed by atoms with Gasteiger partial charge in [0.15, 0.2) is 0 Å². The highest BCUT2D eigenvalue weighted by atomic mass is 16.5. The molecule has 0 saturated carbocycles. The quantitative estimate of drug-likeness (QED) is 0.456. The van der Waals surface area contributed by atoms with Gasteiger partial charge in [-0.3, -0.25) is 9.59 Å². The van der Waals surface area contributed by atoms with Crippen molar-refractivity contribution in [2.75, 3.05) is 0 Å². The Morgan fingerprint density at radius 3 is 1.88 bits per heavy atom. The van der Waals surface area contributed by atoms with E-state index in [1.54, 1.807) is 60.7 Å². The summed E-state index contributed by atoms with van der Waals surface area (Å²) in [5.41, 5.74) is 0.242. The highest BCUT2D eigenvalue weighted by Gasteiger charge is 2.22. The second-order valence-electron chi connectivity index (χ2n) is 5.16. The lowest BCUT2D eigenvalue weighted by atomic mass is 9.95. The summed E-state index contributed by atoms with van der Waals surface area (Å²) in [6.07, 6.45) is -1.05. The van der Waals surface area contributed by atoms with Gasteiger partial charge in [0, 0.05) is 0 Å². The molecule has 0 amide bonds. The maximum Gasteiger partial charge on any atom is 0.332 e. The van der Waals surface area contributed by atoms with Gasteiger partial charge >= 0.3 is 17.9 Å². The van der Waals surface area contributed by atoms with E-state index in [2.05, 4.69) is 0 Å². The summed E-state index contributed by atoms with van der Waals surface area (Å²) in [5, 5.41) is 18.4. The van der Waals surface area contributed by atoms with Gasteiger partial charge in [-0.15, -0.1) is 0 Å². The van der Waals surface area contributed by atoms with Crippen LogP contribution in [0.5, 0.6) is 5.75 Å². The minimum atomic E-state index is -1.38. The van der Waals surface area contributed by atoms with Crippen molar-refractivity contribution in [3.63, 3.8) is 0 Å². The maximum absolute atomic E-state index is 12.2. The van der Waals surface area contributed by atoms with Gasteiger partial charge in [0.2, 0.25) is 0 Å². The highest BCUT2D eigenvalue weighted by Crippen LogP contribution is 2.26. The number of hydrogen-bond acceptors (Lipinski definition) is 4. The third-order valence-electron chi connectivity index (χ3n) is 3.37. The van der Waals surface area contributed by atoms with Gasteiger partial charge in [0.05, 0.1) is 18.4 Å². The van der Waals surface area contributed by atoms with Crippen LogP contribution in [0.4, 0.5) is 0 Å². The van der Waals surface area contributed by atoms with E-state index in [1.807, 2.05) is 0 Å². The summed E-state index contributed by atoms with van der Waals surface area (Å²) < 4.78 is 5.19. The first-order valence-electron chi connectivity index (χ1n) is 7.45. The first-order valence-corrected chi connectivity index (χ1v) is 7.45. The number of carbonyl (C=O) groups is 3. The zero-order chi connectivity index (χ0) is 18.2. The molecule has 0 radical (unpaired) electrons. The SMILES string of the molecule is O=C(O)CC(C(=O)O)=C(CC(=O)Oc1ccccc1)c1ccccc1. The molecule has 2 aromatic rings. The fourth-order valence-corrected chi connectivity index (χ4v) is 2.29. The fraction of sp³-hybridized carbons (Fsp3) is 0.105.